The Bertz CT molecular complexity index is 377. The predicted octanol–water partition coefficient (Wildman–Crippen LogP) is 3.85. The number of nitrogens with one attached hydrogen (secondary N) is 1. The van der Waals surface area contributed by atoms with Crippen LogP contribution in [-0.4, -0.2) is 11.6 Å². The quantitative estimate of drug-likeness (QED) is 0.880. The summed E-state index contributed by atoms with van der Waals surface area (Å²) in [6.45, 7) is 10.5. The van der Waals surface area contributed by atoms with Crippen LogP contribution >= 0.6 is 0 Å². The molecule has 0 bridgehead atoms. The number of ether oxygens (including phenoxy) is 1. The second-order valence-corrected chi connectivity index (χ2v) is 5.42. The molecule has 0 aromatic heterocycles. The van der Waals surface area contributed by atoms with Crippen molar-refractivity contribution in [2.75, 3.05) is 0 Å². The zero-order chi connectivity index (χ0) is 13.8. The predicted molar refractivity (Wildman–Crippen MR) is 73.7 cm³/mol. The summed E-state index contributed by atoms with van der Waals surface area (Å²) in [5, 5.41) is 2.98. The summed E-state index contributed by atoms with van der Waals surface area (Å²) in [5.41, 5.74) is -0.272. The van der Waals surface area contributed by atoms with Gasteiger partial charge >= 0.3 is 6.09 Å². The zero-order valence-corrected chi connectivity index (χ0v) is 11.9. The maximum Gasteiger partial charge on any atom is 0.413 e. The molecule has 0 atom stereocenters. The Kier molecular flexibility index (Phi) is 4.76. The minimum Gasteiger partial charge on any atom is -0.410 e. The number of carbonyl (C=O) groups is 1. The largest absolute Gasteiger partial charge is 0.413 e. The fourth-order valence-corrected chi connectivity index (χ4v) is 1.80. The van der Waals surface area contributed by atoms with Crippen LogP contribution in [0.15, 0.2) is 30.3 Å². The fraction of sp³-hybridized carbons (Fsp3) is 0.533. The molecule has 3 nitrogen and oxygen atoms in total. The van der Waals surface area contributed by atoms with Crippen molar-refractivity contribution in [3.05, 3.63) is 30.3 Å². The normalized spacial score (nSPS) is 11.7. The molecule has 0 saturated carbocycles. The van der Waals surface area contributed by atoms with Gasteiger partial charge in [-0.3, -0.25) is 0 Å². The molecule has 18 heavy (non-hydrogen) atoms. The molecule has 1 amide bonds. The van der Waals surface area contributed by atoms with E-state index in [0.29, 0.717) is 17.6 Å². The lowest BCUT2D eigenvalue weighted by Crippen LogP contribution is -2.54. The van der Waals surface area contributed by atoms with Crippen LogP contribution in [0.25, 0.3) is 0 Å². The van der Waals surface area contributed by atoms with Crippen LogP contribution in [0.4, 0.5) is 4.79 Å². The van der Waals surface area contributed by atoms with Gasteiger partial charge in [-0.2, -0.15) is 0 Å². The highest BCUT2D eigenvalue weighted by Crippen LogP contribution is 2.25. The molecule has 0 radical (unpaired) electrons. The first-order valence-electron chi connectivity index (χ1n) is 6.41. The Morgan fingerprint density at radius 1 is 1.11 bits per heavy atom. The molecule has 0 aliphatic carbocycles. The molecule has 1 rings (SSSR count). The highest BCUT2D eigenvalue weighted by atomic mass is 16.6. The second kappa shape index (κ2) is 5.89. The topological polar surface area (TPSA) is 38.3 Å². The molecule has 100 valence electrons. The summed E-state index contributed by atoms with van der Waals surface area (Å²) in [6.07, 6.45) is -0.397. The molecule has 1 N–H and O–H groups in total. The monoisotopic (exact) mass is 249 g/mol. The fourth-order valence-electron chi connectivity index (χ4n) is 1.80. The molecule has 1 aromatic rings. The van der Waals surface area contributed by atoms with Crippen molar-refractivity contribution in [3.63, 3.8) is 0 Å². The van der Waals surface area contributed by atoms with Crippen LogP contribution in [0, 0.1) is 11.8 Å². The summed E-state index contributed by atoms with van der Waals surface area (Å²) in [4.78, 5) is 11.9. The van der Waals surface area contributed by atoms with Gasteiger partial charge in [0.1, 0.15) is 5.75 Å². The Balaban J connectivity index is 2.69. The summed E-state index contributed by atoms with van der Waals surface area (Å²) >= 11 is 0. The number of para-hydroxylation sites is 1. The lowest BCUT2D eigenvalue weighted by Gasteiger charge is -2.38. The van der Waals surface area contributed by atoms with Crippen molar-refractivity contribution in [2.45, 2.75) is 40.2 Å². The van der Waals surface area contributed by atoms with Crippen molar-refractivity contribution in [1.29, 1.82) is 0 Å². The van der Waals surface area contributed by atoms with Gasteiger partial charge in [0.15, 0.2) is 0 Å². The van der Waals surface area contributed by atoms with Crippen molar-refractivity contribution < 1.29 is 9.53 Å². The molecular weight excluding hydrogens is 226 g/mol. The Hall–Kier alpha value is -1.51. The molecule has 1 aromatic carbocycles. The molecule has 0 saturated heterocycles. The maximum atomic E-state index is 11.9. The van der Waals surface area contributed by atoms with Gasteiger partial charge < -0.3 is 10.1 Å². The number of benzene rings is 1. The van der Waals surface area contributed by atoms with Gasteiger partial charge in [0.2, 0.25) is 0 Å². The van der Waals surface area contributed by atoms with E-state index in [-0.39, 0.29) is 5.54 Å². The summed E-state index contributed by atoms with van der Waals surface area (Å²) < 4.78 is 5.26. The minimum absolute atomic E-state index is 0.272. The van der Waals surface area contributed by atoms with E-state index in [1.54, 1.807) is 12.1 Å². The van der Waals surface area contributed by atoms with E-state index >= 15 is 0 Å². The van der Waals surface area contributed by atoms with E-state index in [1.165, 1.54) is 0 Å². The van der Waals surface area contributed by atoms with E-state index in [2.05, 4.69) is 39.9 Å². The highest BCUT2D eigenvalue weighted by molar-refractivity contribution is 5.71. The number of hydrogen-bond acceptors (Lipinski definition) is 2. The molecule has 0 aliphatic heterocycles. The number of amides is 1. The lowest BCUT2D eigenvalue weighted by atomic mass is 9.79. The van der Waals surface area contributed by atoms with Gasteiger partial charge in [-0.05, 0) is 30.9 Å². The van der Waals surface area contributed by atoms with Crippen LogP contribution < -0.4 is 10.1 Å². The van der Waals surface area contributed by atoms with Crippen LogP contribution in [-0.2, 0) is 0 Å². The van der Waals surface area contributed by atoms with Crippen LogP contribution in [0.1, 0.15) is 34.6 Å². The Morgan fingerprint density at radius 2 is 1.61 bits per heavy atom. The average molecular weight is 249 g/mol. The molecular formula is C15H23NO2. The molecule has 0 unspecified atom stereocenters. The SMILES string of the molecule is CC(C)C(C)(NC(=O)Oc1ccccc1)C(C)C. The van der Waals surface area contributed by atoms with Crippen LogP contribution in [0.2, 0.25) is 0 Å². The molecule has 0 aliphatic rings. The van der Waals surface area contributed by atoms with Gasteiger partial charge in [0, 0.05) is 5.54 Å². The highest BCUT2D eigenvalue weighted by Gasteiger charge is 2.34. The third-order valence-electron chi connectivity index (χ3n) is 3.72. The lowest BCUT2D eigenvalue weighted by molar-refractivity contribution is 0.150. The number of carbonyl (C=O) groups excluding carboxylic acids is 1. The first-order chi connectivity index (χ1) is 8.36. The third-order valence-corrected chi connectivity index (χ3v) is 3.72. The number of rotatable bonds is 4. The number of hydrogen-bond donors (Lipinski definition) is 1. The average Bonchev–Trinajstić information content (AvgIpc) is 2.29. The summed E-state index contributed by atoms with van der Waals surface area (Å²) in [6, 6.07) is 9.10. The third kappa shape index (κ3) is 3.49. The first kappa shape index (κ1) is 14.6. The van der Waals surface area contributed by atoms with E-state index in [1.807, 2.05) is 18.2 Å². The molecule has 3 heteroatoms. The zero-order valence-electron chi connectivity index (χ0n) is 11.9. The second-order valence-electron chi connectivity index (χ2n) is 5.42. The van der Waals surface area contributed by atoms with Crippen molar-refractivity contribution in [1.82, 2.24) is 5.32 Å². The van der Waals surface area contributed by atoms with Crippen molar-refractivity contribution in [3.8, 4) is 5.75 Å². The van der Waals surface area contributed by atoms with Gasteiger partial charge in [-0.25, -0.2) is 4.79 Å². The van der Waals surface area contributed by atoms with Crippen molar-refractivity contribution in [2.24, 2.45) is 11.8 Å². The Morgan fingerprint density at radius 3 is 2.06 bits per heavy atom. The summed E-state index contributed by atoms with van der Waals surface area (Å²) in [5.74, 6) is 1.23. The van der Waals surface area contributed by atoms with Gasteiger partial charge in [0.25, 0.3) is 0 Å². The van der Waals surface area contributed by atoms with Crippen LogP contribution in [0.5, 0.6) is 5.75 Å². The maximum absolute atomic E-state index is 11.9. The van der Waals surface area contributed by atoms with Gasteiger partial charge in [-0.15, -0.1) is 0 Å². The van der Waals surface area contributed by atoms with Gasteiger partial charge in [0.05, 0.1) is 0 Å². The van der Waals surface area contributed by atoms with E-state index in [0.717, 1.165) is 0 Å². The standard InChI is InChI=1S/C15H23NO2/c1-11(2)15(5,12(3)4)16-14(17)18-13-9-7-6-8-10-13/h6-12H,1-5H3,(H,16,17). The van der Waals surface area contributed by atoms with Crippen LogP contribution in [0.3, 0.4) is 0 Å². The Labute approximate surface area is 110 Å². The molecule has 0 fully saturated rings. The van der Waals surface area contributed by atoms with E-state index in [4.69, 9.17) is 4.74 Å². The van der Waals surface area contributed by atoms with Crippen molar-refractivity contribution >= 4 is 6.09 Å². The summed E-state index contributed by atoms with van der Waals surface area (Å²) in [7, 11) is 0. The van der Waals surface area contributed by atoms with E-state index in [9.17, 15) is 4.79 Å². The molecule has 0 spiro atoms. The minimum atomic E-state index is -0.397. The smallest absolute Gasteiger partial charge is 0.410 e. The first-order valence-corrected chi connectivity index (χ1v) is 6.41. The van der Waals surface area contributed by atoms with E-state index < -0.39 is 6.09 Å². The van der Waals surface area contributed by atoms with Gasteiger partial charge in [-0.1, -0.05) is 45.9 Å². The molecule has 0 heterocycles.